The average Bonchev–Trinajstić information content (AvgIpc) is 2.57. The van der Waals surface area contributed by atoms with Crippen molar-refractivity contribution in [2.45, 2.75) is 51.5 Å². The van der Waals surface area contributed by atoms with Gasteiger partial charge in [0.25, 0.3) is 0 Å². The fourth-order valence-corrected chi connectivity index (χ4v) is 2.49. The number of quaternary nitrogens is 2. The minimum atomic E-state index is -1.19. The lowest BCUT2D eigenvalue weighted by Crippen LogP contribution is -2.93. The molecular weight excluding hydrogens is 306 g/mol. The molecule has 0 heterocycles. The van der Waals surface area contributed by atoms with Crippen LogP contribution >= 0.6 is 0 Å². The number of unbranched alkanes of at least 4 members (excludes halogenated alkanes) is 3. The number of anilines is 1. The van der Waals surface area contributed by atoms with Gasteiger partial charge in [0, 0.05) is 5.69 Å². The highest BCUT2D eigenvalue weighted by molar-refractivity contribution is 5.93. The maximum atomic E-state index is 12.0. The third-order valence-electron chi connectivity index (χ3n) is 4.01. The SMILES string of the molecule is CCc1ccc(NC(=O)C[C@H]([NH2+]CCCCCC[NH3+])C(=O)[O-])cc1. The Labute approximate surface area is 143 Å². The first-order chi connectivity index (χ1) is 11.6. The van der Waals surface area contributed by atoms with Gasteiger partial charge in [0.05, 0.1) is 25.5 Å². The predicted molar refractivity (Wildman–Crippen MR) is 90.9 cm³/mol. The highest BCUT2D eigenvalue weighted by Gasteiger charge is 2.18. The molecule has 0 spiro atoms. The van der Waals surface area contributed by atoms with Gasteiger partial charge >= 0.3 is 0 Å². The minimum Gasteiger partial charge on any atom is -0.544 e. The fraction of sp³-hybridized carbons (Fsp3) is 0.556. The molecule has 6 N–H and O–H groups in total. The van der Waals surface area contributed by atoms with E-state index < -0.39 is 12.0 Å². The smallest absolute Gasteiger partial charge is 0.230 e. The van der Waals surface area contributed by atoms with Crippen molar-refractivity contribution in [1.29, 1.82) is 0 Å². The zero-order chi connectivity index (χ0) is 17.8. The molecule has 0 fully saturated rings. The summed E-state index contributed by atoms with van der Waals surface area (Å²) >= 11 is 0. The van der Waals surface area contributed by atoms with Crippen LogP contribution in [0.1, 0.15) is 44.6 Å². The number of aryl methyl sites for hydroxylation is 1. The zero-order valence-corrected chi connectivity index (χ0v) is 14.6. The molecule has 0 saturated heterocycles. The number of hydrogen-bond acceptors (Lipinski definition) is 3. The minimum absolute atomic E-state index is 0.0866. The van der Waals surface area contributed by atoms with Crippen LogP contribution in [0.15, 0.2) is 24.3 Å². The number of aliphatic carboxylic acids is 1. The molecule has 0 aliphatic heterocycles. The molecule has 0 unspecified atom stereocenters. The predicted octanol–water partition coefficient (Wildman–Crippen LogP) is -0.938. The lowest BCUT2D eigenvalue weighted by atomic mass is 10.1. The first kappa shape index (κ1) is 20.1. The number of carboxylic acid groups (broad SMARTS) is 1. The quantitative estimate of drug-likeness (QED) is 0.428. The van der Waals surface area contributed by atoms with E-state index in [0.717, 1.165) is 38.6 Å². The number of amides is 1. The molecule has 134 valence electrons. The Hall–Kier alpha value is -1.92. The van der Waals surface area contributed by atoms with Gasteiger partial charge < -0.3 is 26.3 Å². The normalized spacial score (nSPS) is 11.9. The largest absolute Gasteiger partial charge is 0.544 e. The van der Waals surface area contributed by atoms with Crippen LogP contribution in [0.2, 0.25) is 0 Å². The maximum Gasteiger partial charge on any atom is 0.230 e. The monoisotopic (exact) mass is 336 g/mol. The molecule has 1 amide bonds. The molecule has 1 rings (SSSR count). The number of carbonyl (C=O) groups is 2. The summed E-state index contributed by atoms with van der Waals surface area (Å²) in [5, 5.41) is 15.6. The fourth-order valence-electron chi connectivity index (χ4n) is 2.49. The maximum absolute atomic E-state index is 12.0. The molecule has 1 aromatic rings. The Morgan fingerprint density at radius 3 is 2.42 bits per heavy atom. The van der Waals surface area contributed by atoms with Crippen LogP contribution in [0, 0.1) is 0 Å². The summed E-state index contributed by atoms with van der Waals surface area (Å²) < 4.78 is 0. The Bertz CT molecular complexity index is 503. The lowest BCUT2D eigenvalue weighted by Gasteiger charge is -2.16. The van der Waals surface area contributed by atoms with Gasteiger partial charge in [0.15, 0.2) is 0 Å². The number of rotatable bonds is 12. The van der Waals surface area contributed by atoms with Crippen LogP contribution in [0.3, 0.4) is 0 Å². The summed E-state index contributed by atoms with van der Waals surface area (Å²) in [6.07, 6.45) is 5.05. The molecule has 24 heavy (non-hydrogen) atoms. The van der Waals surface area contributed by atoms with Crippen molar-refractivity contribution in [1.82, 2.24) is 0 Å². The van der Waals surface area contributed by atoms with Gasteiger partial charge in [0.2, 0.25) is 5.91 Å². The Morgan fingerprint density at radius 2 is 1.83 bits per heavy atom. The van der Waals surface area contributed by atoms with Crippen molar-refractivity contribution in [2.75, 3.05) is 18.4 Å². The van der Waals surface area contributed by atoms with Crippen molar-refractivity contribution in [2.24, 2.45) is 0 Å². The van der Waals surface area contributed by atoms with Crippen molar-refractivity contribution >= 4 is 17.6 Å². The van der Waals surface area contributed by atoms with Crippen molar-refractivity contribution in [3.63, 3.8) is 0 Å². The molecule has 0 aromatic heterocycles. The van der Waals surface area contributed by atoms with E-state index in [-0.39, 0.29) is 12.3 Å². The van der Waals surface area contributed by atoms with Crippen LogP contribution in [-0.4, -0.2) is 31.0 Å². The highest BCUT2D eigenvalue weighted by Crippen LogP contribution is 2.10. The summed E-state index contributed by atoms with van der Waals surface area (Å²) in [6.45, 7) is 3.69. The summed E-state index contributed by atoms with van der Waals surface area (Å²) in [5.74, 6) is -1.49. The van der Waals surface area contributed by atoms with Crippen molar-refractivity contribution in [3.05, 3.63) is 29.8 Å². The van der Waals surface area contributed by atoms with Crippen molar-refractivity contribution in [3.8, 4) is 0 Å². The second-order valence-corrected chi connectivity index (χ2v) is 6.02. The van der Waals surface area contributed by atoms with Gasteiger partial charge in [-0.25, -0.2) is 0 Å². The van der Waals surface area contributed by atoms with E-state index in [1.54, 1.807) is 5.32 Å². The Morgan fingerprint density at radius 1 is 1.17 bits per heavy atom. The Balaban J connectivity index is 2.37. The van der Waals surface area contributed by atoms with Gasteiger partial charge in [-0.15, -0.1) is 0 Å². The summed E-state index contributed by atoms with van der Waals surface area (Å²) in [7, 11) is 0. The molecule has 0 aliphatic rings. The number of nitrogens with one attached hydrogen (secondary N) is 1. The zero-order valence-electron chi connectivity index (χ0n) is 14.6. The molecule has 1 atom stereocenters. The van der Waals surface area contributed by atoms with Crippen LogP contribution in [0.25, 0.3) is 0 Å². The summed E-state index contributed by atoms with van der Waals surface area (Å²) in [6, 6.07) is 6.72. The lowest BCUT2D eigenvalue weighted by molar-refractivity contribution is -0.682. The molecule has 1 aromatic carbocycles. The highest BCUT2D eigenvalue weighted by atomic mass is 16.4. The van der Waals surface area contributed by atoms with Gasteiger partial charge in [-0.1, -0.05) is 19.1 Å². The molecule has 0 radical (unpaired) electrons. The Kier molecular flexibility index (Phi) is 9.72. The van der Waals surface area contributed by atoms with Crippen LogP contribution in [0.5, 0.6) is 0 Å². The van der Waals surface area contributed by atoms with Gasteiger partial charge in [0.1, 0.15) is 6.04 Å². The molecular formula is C18H30N3O3+. The van der Waals surface area contributed by atoms with Crippen LogP contribution < -0.4 is 21.5 Å². The molecule has 0 aliphatic carbocycles. The third-order valence-corrected chi connectivity index (χ3v) is 4.01. The molecule has 0 bridgehead atoms. The van der Waals surface area contributed by atoms with Gasteiger partial charge in [-0.3, -0.25) is 4.79 Å². The van der Waals surface area contributed by atoms with E-state index in [0.29, 0.717) is 12.2 Å². The van der Waals surface area contributed by atoms with Crippen LogP contribution in [-0.2, 0) is 16.0 Å². The third kappa shape index (κ3) is 8.08. The van der Waals surface area contributed by atoms with E-state index in [1.165, 1.54) is 5.56 Å². The van der Waals surface area contributed by atoms with E-state index in [1.807, 2.05) is 24.3 Å². The first-order valence-electron chi connectivity index (χ1n) is 8.79. The van der Waals surface area contributed by atoms with Gasteiger partial charge in [-0.2, -0.15) is 0 Å². The summed E-state index contributed by atoms with van der Waals surface area (Å²) in [4.78, 5) is 23.2. The van der Waals surface area contributed by atoms with Gasteiger partial charge in [-0.05, 0) is 49.8 Å². The van der Waals surface area contributed by atoms with E-state index >= 15 is 0 Å². The molecule has 0 saturated carbocycles. The van der Waals surface area contributed by atoms with E-state index in [4.69, 9.17) is 0 Å². The number of nitrogens with two attached hydrogens (primary N) is 1. The first-order valence-corrected chi connectivity index (χ1v) is 8.79. The second-order valence-electron chi connectivity index (χ2n) is 6.02. The topological polar surface area (TPSA) is 113 Å². The number of carboxylic acids is 1. The standard InChI is InChI=1S/C18H29N3O3/c1-2-14-7-9-15(10-8-14)21-17(22)13-16(18(23)24)20-12-6-4-3-5-11-19/h7-10,16,20H,2-6,11-13,19H2,1H3,(H,21,22)(H,23,24)/p+1/t16-/m0/s1. The number of hydrogen-bond donors (Lipinski definition) is 3. The molecule has 6 heteroatoms. The average molecular weight is 336 g/mol. The molecule has 6 nitrogen and oxygen atoms in total. The second kappa shape index (κ2) is 11.6. The van der Waals surface area contributed by atoms with Crippen molar-refractivity contribution < 1.29 is 25.7 Å². The van der Waals surface area contributed by atoms with E-state index in [9.17, 15) is 14.7 Å². The van der Waals surface area contributed by atoms with E-state index in [2.05, 4.69) is 18.0 Å². The number of carbonyl (C=O) groups excluding carboxylic acids is 2. The van der Waals surface area contributed by atoms with Crippen LogP contribution in [0.4, 0.5) is 5.69 Å². The number of benzene rings is 1. The summed E-state index contributed by atoms with van der Waals surface area (Å²) in [5.41, 5.74) is 5.66.